The van der Waals surface area contributed by atoms with Crippen molar-refractivity contribution in [2.75, 3.05) is 13.1 Å². The summed E-state index contributed by atoms with van der Waals surface area (Å²) in [5.41, 5.74) is -0.480. The van der Waals surface area contributed by atoms with Gasteiger partial charge in [-0.2, -0.15) is 0 Å². The minimum Gasteiger partial charge on any atom is -0.458 e. The first-order chi connectivity index (χ1) is 9.63. The number of ether oxygens (including phenoxy) is 1. The van der Waals surface area contributed by atoms with Crippen LogP contribution in [0.5, 0.6) is 0 Å². The predicted molar refractivity (Wildman–Crippen MR) is 77.2 cm³/mol. The Balaban J connectivity index is 2.14. The molecule has 1 amide bonds. The van der Waals surface area contributed by atoms with Crippen molar-refractivity contribution in [3.63, 3.8) is 0 Å². The Morgan fingerprint density at radius 2 is 1.80 bits per heavy atom. The van der Waals surface area contributed by atoms with Crippen LogP contribution >= 0.6 is 0 Å². The smallest absolute Gasteiger partial charge is 0.307 e. The summed E-state index contributed by atoms with van der Waals surface area (Å²) in [5, 5.41) is 0. The zero-order chi connectivity index (χ0) is 14.6. The number of amides is 1. The van der Waals surface area contributed by atoms with E-state index < -0.39 is 5.60 Å². The van der Waals surface area contributed by atoms with Crippen molar-refractivity contribution < 1.29 is 14.3 Å². The fourth-order valence-corrected chi connectivity index (χ4v) is 3.70. The van der Waals surface area contributed by atoms with Crippen LogP contribution in [-0.4, -0.2) is 35.5 Å². The van der Waals surface area contributed by atoms with Crippen LogP contribution in [-0.2, 0) is 14.3 Å². The van der Waals surface area contributed by atoms with E-state index in [2.05, 4.69) is 13.8 Å². The van der Waals surface area contributed by atoms with E-state index in [9.17, 15) is 9.59 Å². The van der Waals surface area contributed by atoms with Crippen molar-refractivity contribution in [1.82, 2.24) is 4.90 Å². The van der Waals surface area contributed by atoms with Crippen molar-refractivity contribution in [3.05, 3.63) is 0 Å². The number of nitrogens with zero attached hydrogens (tertiary/aromatic N) is 1. The van der Waals surface area contributed by atoms with Crippen molar-refractivity contribution in [2.45, 2.75) is 70.8 Å². The first-order valence-corrected chi connectivity index (χ1v) is 8.13. The molecule has 2 aliphatic rings. The highest BCUT2D eigenvalue weighted by molar-refractivity contribution is 5.88. The first kappa shape index (κ1) is 15.3. The van der Waals surface area contributed by atoms with Crippen LogP contribution < -0.4 is 0 Å². The van der Waals surface area contributed by atoms with Crippen LogP contribution in [0.3, 0.4) is 0 Å². The number of hydrogen-bond donors (Lipinski definition) is 0. The standard InChI is InChI=1S/C16H27NO3/c1-3-10-17(11-4-2)15(19)13-12-14(18)20-16(13)8-6-5-7-9-16/h13H,3-12H2,1-2H3/t13-/m0/s1. The lowest BCUT2D eigenvalue weighted by Crippen LogP contribution is -2.47. The summed E-state index contributed by atoms with van der Waals surface area (Å²) in [7, 11) is 0. The van der Waals surface area contributed by atoms with Gasteiger partial charge in [-0.3, -0.25) is 9.59 Å². The minimum absolute atomic E-state index is 0.140. The molecule has 1 aliphatic carbocycles. The number of carbonyl (C=O) groups is 2. The van der Waals surface area contributed by atoms with Gasteiger partial charge in [0.05, 0.1) is 12.3 Å². The van der Waals surface area contributed by atoms with Gasteiger partial charge < -0.3 is 9.64 Å². The number of esters is 1. The molecular weight excluding hydrogens is 254 g/mol. The Morgan fingerprint density at radius 3 is 2.35 bits per heavy atom. The first-order valence-electron chi connectivity index (χ1n) is 8.13. The zero-order valence-corrected chi connectivity index (χ0v) is 12.8. The zero-order valence-electron chi connectivity index (χ0n) is 12.8. The SMILES string of the molecule is CCCN(CCC)C(=O)[C@@H]1CC(=O)OC12CCCCC2. The Hall–Kier alpha value is -1.06. The molecule has 0 aromatic carbocycles. The maximum absolute atomic E-state index is 12.8. The summed E-state index contributed by atoms with van der Waals surface area (Å²) in [4.78, 5) is 26.5. The molecule has 1 saturated heterocycles. The van der Waals surface area contributed by atoms with Crippen molar-refractivity contribution in [3.8, 4) is 0 Å². The van der Waals surface area contributed by atoms with E-state index in [1.807, 2.05) is 4.90 Å². The highest BCUT2D eigenvalue weighted by atomic mass is 16.6. The minimum atomic E-state index is -0.480. The van der Waals surface area contributed by atoms with Crippen LogP contribution in [0.15, 0.2) is 0 Å². The summed E-state index contributed by atoms with van der Waals surface area (Å²) >= 11 is 0. The number of hydrogen-bond acceptors (Lipinski definition) is 3. The molecule has 1 spiro atoms. The normalized spacial score (nSPS) is 24.7. The third-order valence-corrected chi connectivity index (χ3v) is 4.62. The molecular formula is C16H27NO3. The summed E-state index contributed by atoms with van der Waals surface area (Å²) in [6.07, 6.45) is 7.25. The molecule has 1 atom stereocenters. The van der Waals surface area contributed by atoms with Gasteiger partial charge in [0.2, 0.25) is 5.91 Å². The van der Waals surface area contributed by atoms with E-state index in [1.165, 1.54) is 6.42 Å². The lowest BCUT2D eigenvalue weighted by molar-refractivity contribution is -0.155. The molecule has 0 N–H and O–H groups in total. The van der Waals surface area contributed by atoms with Gasteiger partial charge >= 0.3 is 5.97 Å². The van der Waals surface area contributed by atoms with E-state index in [-0.39, 0.29) is 24.2 Å². The summed E-state index contributed by atoms with van der Waals surface area (Å²) in [6.45, 7) is 5.74. The molecule has 0 unspecified atom stereocenters. The monoisotopic (exact) mass is 281 g/mol. The lowest BCUT2D eigenvalue weighted by atomic mass is 9.75. The van der Waals surface area contributed by atoms with Gasteiger partial charge in [-0.25, -0.2) is 0 Å². The second-order valence-corrected chi connectivity index (χ2v) is 6.18. The van der Waals surface area contributed by atoms with Crippen LogP contribution in [0.1, 0.15) is 65.2 Å². The van der Waals surface area contributed by atoms with Gasteiger partial charge in [0.25, 0.3) is 0 Å². The van der Waals surface area contributed by atoms with Gasteiger partial charge in [-0.15, -0.1) is 0 Å². The van der Waals surface area contributed by atoms with Crippen LogP contribution in [0.25, 0.3) is 0 Å². The van der Waals surface area contributed by atoms with Crippen molar-refractivity contribution >= 4 is 11.9 Å². The summed E-state index contributed by atoms with van der Waals surface area (Å²) in [6, 6.07) is 0. The molecule has 20 heavy (non-hydrogen) atoms. The Kier molecular flexibility index (Phi) is 5.06. The maximum atomic E-state index is 12.8. The molecule has 1 saturated carbocycles. The third kappa shape index (κ3) is 2.99. The van der Waals surface area contributed by atoms with E-state index in [0.29, 0.717) is 0 Å². The highest BCUT2D eigenvalue weighted by Gasteiger charge is 2.53. The number of carbonyl (C=O) groups excluding carboxylic acids is 2. The quantitative estimate of drug-likeness (QED) is 0.728. The summed E-state index contributed by atoms with van der Waals surface area (Å²) in [5.74, 6) is -0.284. The largest absolute Gasteiger partial charge is 0.458 e. The second kappa shape index (κ2) is 6.59. The maximum Gasteiger partial charge on any atom is 0.307 e. The van der Waals surface area contributed by atoms with E-state index >= 15 is 0 Å². The highest BCUT2D eigenvalue weighted by Crippen LogP contribution is 2.44. The van der Waals surface area contributed by atoms with Gasteiger partial charge in [-0.1, -0.05) is 20.3 Å². The molecule has 1 aliphatic heterocycles. The van der Waals surface area contributed by atoms with E-state index in [0.717, 1.165) is 51.6 Å². The van der Waals surface area contributed by atoms with E-state index in [4.69, 9.17) is 4.74 Å². The molecule has 114 valence electrons. The summed E-state index contributed by atoms with van der Waals surface area (Å²) < 4.78 is 5.64. The molecule has 2 rings (SSSR count). The van der Waals surface area contributed by atoms with Gasteiger partial charge in [0, 0.05) is 13.1 Å². The fourth-order valence-electron chi connectivity index (χ4n) is 3.70. The predicted octanol–water partition coefficient (Wildman–Crippen LogP) is 2.90. The lowest BCUT2D eigenvalue weighted by Gasteiger charge is -2.38. The van der Waals surface area contributed by atoms with Crippen molar-refractivity contribution in [2.24, 2.45) is 5.92 Å². The van der Waals surface area contributed by atoms with E-state index in [1.54, 1.807) is 0 Å². The molecule has 0 aromatic rings. The van der Waals surface area contributed by atoms with Crippen molar-refractivity contribution in [1.29, 1.82) is 0 Å². The Labute approximate surface area is 121 Å². The number of rotatable bonds is 5. The molecule has 1 heterocycles. The topological polar surface area (TPSA) is 46.6 Å². The van der Waals surface area contributed by atoms with Gasteiger partial charge in [-0.05, 0) is 38.5 Å². The third-order valence-electron chi connectivity index (χ3n) is 4.62. The molecule has 0 radical (unpaired) electrons. The fraction of sp³-hybridized carbons (Fsp3) is 0.875. The Morgan fingerprint density at radius 1 is 1.20 bits per heavy atom. The van der Waals surface area contributed by atoms with Crippen LogP contribution in [0.2, 0.25) is 0 Å². The van der Waals surface area contributed by atoms with Crippen LogP contribution in [0.4, 0.5) is 0 Å². The second-order valence-electron chi connectivity index (χ2n) is 6.18. The van der Waals surface area contributed by atoms with Crippen LogP contribution in [0, 0.1) is 5.92 Å². The molecule has 4 nitrogen and oxygen atoms in total. The average Bonchev–Trinajstić information content (AvgIpc) is 2.75. The molecule has 0 aromatic heterocycles. The van der Waals surface area contributed by atoms with Gasteiger partial charge in [0.1, 0.15) is 5.60 Å². The Bertz CT molecular complexity index is 355. The molecule has 2 fully saturated rings. The average molecular weight is 281 g/mol. The molecule has 4 heteroatoms. The molecule has 0 bridgehead atoms. The van der Waals surface area contributed by atoms with Gasteiger partial charge in [0.15, 0.2) is 0 Å².